The van der Waals surface area contributed by atoms with E-state index in [1.54, 1.807) is 0 Å². The van der Waals surface area contributed by atoms with Crippen molar-refractivity contribution in [2.45, 2.75) is 31.6 Å². The zero-order chi connectivity index (χ0) is 13.1. The van der Waals surface area contributed by atoms with Crippen LogP contribution in [-0.2, 0) is 7.05 Å². The van der Waals surface area contributed by atoms with Gasteiger partial charge in [0.1, 0.15) is 0 Å². The van der Waals surface area contributed by atoms with Gasteiger partial charge in [-0.25, -0.2) is 0 Å². The first-order valence-corrected chi connectivity index (χ1v) is 7.76. The first-order valence-electron chi connectivity index (χ1n) is 6.71. The normalized spacial score (nSPS) is 23.2. The third-order valence-corrected chi connectivity index (χ3v) is 5.29. The lowest BCUT2D eigenvalue weighted by molar-refractivity contribution is 0.207. The van der Waals surface area contributed by atoms with Crippen molar-refractivity contribution in [1.29, 1.82) is 0 Å². The molecule has 0 aromatic carbocycles. The number of thioether (sulfide) groups is 1. The Hall–Kier alpha value is -0.520. The number of nitrogens with zero attached hydrogens (tertiary/aromatic N) is 3. The Bertz CT molecular complexity index is 390. The second-order valence-corrected chi connectivity index (χ2v) is 6.36. The SMILES string of the molecule is CCC1CN(C(CN)c2cnn(C)c2C)CCS1. The highest BCUT2D eigenvalue weighted by Gasteiger charge is 2.27. The average Bonchev–Trinajstić information content (AvgIpc) is 2.72. The molecule has 1 aromatic rings. The maximum Gasteiger partial charge on any atom is 0.0540 e. The van der Waals surface area contributed by atoms with Crippen LogP contribution in [0.5, 0.6) is 0 Å². The van der Waals surface area contributed by atoms with Crippen LogP contribution in [0.4, 0.5) is 0 Å². The molecule has 0 aliphatic carbocycles. The highest BCUT2D eigenvalue weighted by atomic mass is 32.2. The molecule has 2 heterocycles. The summed E-state index contributed by atoms with van der Waals surface area (Å²) in [5.41, 5.74) is 8.54. The third-order valence-electron chi connectivity index (χ3n) is 3.92. The zero-order valence-electron chi connectivity index (χ0n) is 11.6. The molecule has 0 radical (unpaired) electrons. The van der Waals surface area contributed by atoms with Gasteiger partial charge in [0.25, 0.3) is 0 Å². The second kappa shape index (κ2) is 6.08. The summed E-state index contributed by atoms with van der Waals surface area (Å²) in [6.07, 6.45) is 3.22. The number of rotatable bonds is 4. The monoisotopic (exact) mass is 268 g/mol. The predicted molar refractivity (Wildman–Crippen MR) is 77.9 cm³/mol. The van der Waals surface area contributed by atoms with Crippen LogP contribution in [0.1, 0.15) is 30.6 Å². The van der Waals surface area contributed by atoms with Crippen LogP contribution in [0.2, 0.25) is 0 Å². The lowest BCUT2D eigenvalue weighted by Gasteiger charge is -2.37. The fourth-order valence-corrected chi connectivity index (χ4v) is 3.79. The maximum absolute atomic E-state index is 6.02. The van der Waals surface area contributed by atoms with Gasteiger partial charge in [-0.1, -0.05) is 6.92 Å². The molecular weight excluding hydrogens is 244 g/mol. The molecule has 1 aliphatic heterocycles. The Labute approximate surface area is 114 Å². The predicted octanol–water partition coefficient (Wildman–Crippen LogP) is 1.56. The number of hydrogen-bond acceptors (Lipinski definition) is 4. The fourth-order valence-electron chi connectivity index (χ4n) is 2.59. The molecule has 2 rings (SSSR count). The van der Waals surface area contributed by atoms with Gasteiger partial charge >= 0.3 is 0 Å². The first-order chi connectivity index (χ1) is 8.67. The molecule has 2 atom stereocenters. The molecule has 1 saturated heterocycles. The van der Waals surface area contributed by atoms with Crippen molar-refractivity contribution in [3.05, 3.63) is 17.5 Å². The van der Waals surface area contributed by atoms with Crippen LogP contribution >= 0.6 is 11.8 Å². The lowest BCUT2D eigenvalue weighted by atomic mass is 10.1. The molecule has 2 unspecified atom stereocenters. The topological polar surface area (TPSA) is 47.1 Å². The number of hydrogen-bond donors (Lipinski definition) is 1. The summed E-state index contributed by atoms with van der Waals surface area (Å²) in [6.45, 7) is 7.36. The van der Waals surface area contributed by atoms with Crippen LogP contribution in [0.3, 0.4) is 0 Å². The molecule has 102 valence electrons. The van der Waals surface area contributed by atoms with Crippen molar-refractivity contribution in [1.82, 2.24) is 14.7 Å². The summed E-state index contributed by atoms with van der Waals surface area (Å²) in [5.74, 6) is 1.22. The summed E-state index contributed by atoms with van der Waals surface area (Å²) in [4.78, 5) is 2.54. The van der Waals surface area contributed by atoms with Crippen LogP contribution in [0.25, 0.3) is 0 Å². The maximum atomic E-state index is 6.02. The fraction of sp³-hybridized carbons (Fsp3) is 0.769. The van der Waals surface area contributed by atoms with Gasteiger partial charge in [-0.2, -0.15) is 16.9 Å². The standard InChI is InChI=1S/C13H24N4S/c1-4-11-9-17(5-6-18-11)13(7-14)12-8-15-16(3)10(12)2/h8,11,13H,4-7,9,14H2,1-3H3. The highest BCUT2D eigenvalue weighted by molar-refractivity contribution is 8.00. The van der Waals surface area contributed by atoms with Gasteiger partial charge in [0, 0.05) is 48.9 Å². The zero-order valence-corrected chi connectivity index (χ0v) is 12.4. The smallest absolute Gasteiger partial charge is 0.0540 e. The van der Waals surface area contributed by atoms with Gasteiger partial charge in [0.2, 0.25) is 0 Å². The van der Waals surface area contributed by atoms with Crippen molar-refractivity contribution >= 4 is 11.8 Å². The Morgan fingerprint density at radius 2 is 2.39 bits per heavy atom. The van der Waals surface area contributed by atoms with Crippen LogP contribution in [0, 0.1) is 6.92 Å². The minimum absolute atomic E-state index is 0.327. The van der Waals surface area contributed by atoms with Crippen molar-refractivity contribution in [3.8, 4) is 0 Å². The Balaban J connectivity index is 2.15. The largest absolute Gasteiger partial charge is 0.329 e. The molecule has 1 aromatic heterocycles. The Morgan fingerprint density at radius 1 is 1.61 bits per heavy atom. The van der Waals surface area contributed by atoms with Crippen molar-refractivity contribution in [2.24, 2.45) is 12.8 Å². The van der Waals surface area contributed by atoms with Gasteiger partial charge in [-0.15, -0.1) is 0 Å². The summed E-state index contributed by atoms with van der Waals surface area (Å²) < 4.78 is 1.94. The molecule has 0 amide bonds. The van der Waals surface area contributed by atoms with E-state index in [9.17, 15) is 0 Å². The number of aromatic nitrogens is 2. The Morgan fingerprint density at radius 3 is 2.94 bits per heavy atom. The minimum Gasteiger partial charge on any atom is -0.329 e. The van der Waals surface area contributed by atoms with Gasteiger partial charge < -0.3 is 5.73 Å². The van der Waals surface area contributed by atoms with Gasteiger partial charge in [0.05, 0.1) is 12.2 Å². The molecule has 2 N–H and O–H groups in total. The number of nitrogens with two attached hydrogens (primary N) is 1. The van der Waals surface area contributed by atoms with Gasteiger partial charge in [-0.3, -0.25) is 9.58 Å². The van der Waals surface area contributed by atoms with Crippen molar-refractivity contribution in [2.75, 3.05) is 25.4 Å². The Kier molecular flexibility index (Phi) is 4.70. The molecule has 5 heteroatoms. The average molecular weight is 268 g/mol. The molecular formula is C13H24N4S. The molecule has 0 saturated carbocycles. The van der Waals surface area contributed by atoms with Gasteiger partial charge in [-0.05, 0) is 13.3 Å². The van der Waals surface area contributed by atoms with E-state index in [4.69, 9.17) is 5.73 Å². The van der Waals surface area contributed by atoms with Crippen LogP contribution in [0.15, 0.2) is 6.20 Å². The van der Waals surface area contributed by atoms with Crippen molar-refractivity contribution < 1.29 is 0 Å². The number of aryl methyl sites for hydroxylation is 1. The summed E-state index contributed by atoms with van der Waals surface area (Å²) >= 11 is 2.10. The lowest BCUT2D eigenvalue weighted by Crippen LogP contribution is -2.42. The molecule has 4 nitrogen and oxygen atoms in total. The van der Waals surface area contributed by atoms with E-state index in [1.165, 1.54) is 23.4 Å². The van der Waals surface area contributed by atoms with Crippen molar-refractivity contribution in [3.63, 3.8) is 0 Å². The quantitative estimate of drug-likeness (QED) is 0.900. The highest BCUT2D eigenvalue weighted by Crippen LogP contribution is 2.29. The second-order valence-electron chi connectivity index (χ2n) is 4.96. The molecule has 1 fully saturated rings. The summed E-state index contributed by atoms with van der Waals surface area (Å²) in [6, 6.07) is 0.327. The summed E-state index contributed by atoms with van der Waals surface area (Å²) in [7, 11) is 1.99. The van der Waals surface area contributed by atoms with E-state index in [1.807, 2.05) is 17.9 Å². The van der Waals surface area contributed by atoms with E-state index >= 15 is 0 Å². The first kappa shape index (κ1) is 13.9. The van der Waals surface area contributed by atoms with E-state index in [0.717, 1.165) is 18.3 Å². The van der Waals surface area contributed by atoms with Crippen LogP contribution < -0.4 is 5.73 Å². The minimum atomic E-state index is 0.327. The summed E-state index contributed by atoms with van der Waals surface area (Å²) in [5, 5.41) is 5.10. The van der Waals surface area contributed by atoms with E-state index < -0.39 is 0 Å². The van der Waals surface area contributed by atoms with E-state index in [2.05, 4.69) is 35.6 Å². The van der Waals surface area contributed by atoms with Gasteiger partial charge in [0.15, 0.2) is 0 Å². The van der Waals surface area contributed by atoms with E-state index in [-0.39, 0.29) is 0 Å². The molecule has 0 bridgehead atoms. The molecule has 1 aliphatic rings. The molecule has 0 spiro atoms. The molecule has 18 heavy (non-hydrogen) atoms. The van der Waals surface area contributed by atoms with Crippen LogP contribution in [-0.4, -0.2) is 45.3 Å². The third kappa shape index (κ3) is 2.73. The van der Waals surface area contributed by atoms with E-state index in [0.29, 0.717) is 12.6 Å².